The molecule has 0 aliphatic carbocycles. The molecule has 0 unspecified atom stereocenters. The molecule has 2 fully saturated rings. The summed E-state index contributed by atoms with van der Waals surface area (Å²) in [6, 6.07) is 3.69. The number of aromatic nitrogens is 2. The first-order valence-corrected chi connectivity index (χ1v) is 10.5. The van der Waals surface area contributed by atoms with E-state index in [1.54, 1.807) is 6.07 Å². The monoisotopic (exact) mass is 476 g/mol. The summed E-state index contributed by atoms with van der Waals surface area (Å²) in [4.78, 5) is 43.5. The molecule has 2 aliphatic rings. The van der Waals surface area contributed by atoms with E-state index in [-0.39, 0.29) is 42.6 Å². The Morgan fingerprint density at radius 1 is 1.15 bits per heavy atom. The first-order valence-electron chi connectivity index (χ1n) is 10.5. The van der Waals surface area contributed by atoms with Crippen molar-refractivity contribution in [3.8, 4) is 11.1 Å². The molecule has 178 valence electrons. The fourth-order valence-electron chi connectivity index (χ4n) is 4.48. The lowest BCUT2D eigenvalue weighted by Crippen LogP contribution is -2.48. The molecule has 2 saturated heterocycles. The van der Waals surface area contributed by atoms with Gasteiger partial charge in [0.2, 0.25) is 0 Å². The third kappa shape index (κ3) is 3.58. The number of halogens is 3. The SMILES string of the molecule is Cn1c(C(=O)N2CCC(N3C(=O)COC3=O)CC2)nc2c(C(F)(F)F)cc(-c3ccoc3)cc21. The van der Waals surface area contributed by atoms with E-state index >= 15 is 0 Å². The molecular formula is C22H19F3N4O5. The van der Waals surface area contributed by atoms with Gasteiger partial charge in [-0.05, 0) is 36.6 Å². The Bertz CT molecular complexity index is 1270. The number of piperidine rings is 1. The smallest absolute Gasteiger partial charge is 0.418 e. The van der Waals surface area contributed by atoms with Crippen LogP contribution in [0.1, 0.15) is 29.0 Å². The number of furan rings is 1. The molecule has 12 heteroatoms. The van der Waals surface area contributed by atoms with Gasteiger partial charge in [-0.3, -0.25) is 9.59 Å². The molecule has 3 amide bonds. The van der Waals surface area contributed by atoms with Crippen LogP contribution in [0.25, 0.3) is 22.2 Å². The fraction of sp³-hybridized carbons (Fsp3) is 0.364. The average Bonchev–Trinajstić information content (AvgIpc) is 3.52. The van der Waals surface area contributed by atoms with Gasteiger partial charge in [0, 0.05) is 31.7 Å². The van der Waals surface area contributed by atoms with Crippen LogP contribution in [0.3, 0.4) is 0 Å². The molecule has 9 nitrogen and oxygen atoms in total. The summed E-state index contributed by atoms with van der Waals surface area (Å²) in [5.41, 5.74) is -0.335. The molecule has 0 bridgehead atoms. The third-order valence-corrected chi connectivity index (χ3v) is 6.24. The van der Waals surface area contributed by atoms with Gasteiger partial charge in [-0.1, -0.05) is 0 Å². The minimum absolute atomic E-state index is 0.125. The highest BCUT2D eigenvalue weighted by molar-refractivity contribution is 5.98. The maximum absolute atomic E-state index is 13.9. The zero-order chi connectivity index (χ0) is 24.2. The number of nitrogens with zero attached hydrogens (tertiary/aromatic N) is 4. The molecule has 4 heterocycles. The Balaban J connectivity index is 1.45. The number of fused-ring (bicyclic) bond motifs is 1. The topological polar surface area (TPSA) is 97.9 Å². The van der Waals surface area contributed by atoms with Gasteiger partial charge in [0.15, 0.2) is 12.4 Å². The second-order valence-electron chi connectivity index (χ2n) is 8.24. The van der Waals surface area contributed by atoms with Gasteiger partial charge in [-0.25, -0.2) is 14.7 Å². The lowest BCUT2D eigenvalue weighted by Gasteiger charge is -2.34. The summed E-state index contributed by atoms with van der Waals surface area (Å²) in [6.45, 7) is 0.145. The molecule has 0 N–H and O–H groups in total. The Labute approximate surface area is 190 Å². The van der Waals surface area contributed by atoms with Crippen molar-refractivity contribution in [3.63, 3.8) is 0 Å². The van der Waals surface area contributed by atoms with Gasteiger partial charge in [-0.15, -0.1) is 0 Å². The molecule has 3 aromatic rings. The van der Waals surface area contributed by atoms with Crippen LogP contribution in [0.5, 0.6) is 0 Å². The quantitative estimate of drug-likeness (QED) is 0.575. The second-order valence-corrected chi connectivity index (χ2v) is 8.24. The zero-order valence-corrected chi connectivity index (χ0v) is 18.0. The Morgan fingerprint density at radius 3 is 2.47 bits per heavy atom. The van der Waals surface area contributed by atoms with Crippen molar-refractivity contribution < 1.29 is 36.7 Å². The number of cyclic esters (lactones) is 1. The first-order chi connectivity index (χ1) is 16.1. The number of alkyl halides is 3. The Hall–Kier alpha value is -3.83. The van der Waals surface area contributed by atoms with Crippen LogP contribution in [0.15, 0.2) is 35.1 Å². The largest absolute Gasteiger partial charge is 0.472 e. The van der Waals surface area contributed by atoms with Gasteiger partial charge in [0.05, 0.1) is 23.6 Å². The molecule has 2 aromatic heterocycles. The van der Waals surface area contributed by atoms with E-state index in [1.165, 1.54) is 35.1 Å². The second kappa shape index (κ2) is 7.89. The van der Waals surface area contributed by atoms with E-state index in [0.717, 1.165) is 11.0 Å². The summed E-state index contributed by atoms with van der Waals surface area (Å²) in [6.07, 6.45) is -1.98. The number of likely N-dealkylation sites (tertiary alicyclic amines) is 1. The summed E-state index contributed by atoms with van der Waals surface area (Å²) in [5.74, 6) is -1.07. The number of rotatable bonds is 3. The van der Waals surface area contributed by atoms with Crippen LogP contribution in [0.4, 0.5) is 18.0 Å². The lowest BCUT2D eigenvalue weighted by molar-refractivity contribution is -0.136. The van der Waals surface area contributed by atoms with Crippen molar-refractivity contribution in [3.05, 3.63) is 42.1 Å². The number of carbonyl (C=O) groups is 3. The summed E-state index contributed by atoms with van der Waals surface area (Å²) in [5, 5.41) is 0. The highest BCUT2D eigenvalue weighted by Gasteiger charge is 2.40. The number of benzene rings is 1. The van der Waals surface area contributed by atoms with E-state index in [4.69, 9.17) is 9.15 Å². The Morgan fingerprint density at radius 2 is 1.88 bits per heavy atom. The molecule has 0 atom stereocenters. The molecule has 1 aromatic carbocycles. The van der Waals surface area contributed by atoms with Crippen molar-refractivity contribution in [2.75, 3.05) is 19.7 Å². The van der Waals surface area contributed by atoms with Crippen molar-refractivity contribution in [1.82, 2.24) is 19.4 Å². The zero-order valence-electron chi connectivity index (χ0n) is 18.0. The maximum Gasteiger partial charge on any atom is 0.418 e. The lowest BCUT2D eigenvalue weighted by atomic mass is 10.0. The number of carbonyl (C=O) groups excluding carboxylic acids is 3. The third-order valence-electron chi connectivity index (χ3n) is 6.24. The number of imidazole rings is 1. The van der Waals surface area contributed by atoms with Crippen LogP contribution in [0, 0.1) is 0 Å². The first kappa shape index (κ1) is 22.0. The molecular weight excluding hydrogens is 457 g/mol. The van der Waals surface area contributed by atoms with Gasteiger partial charge >= 0.3 is 12.3 Å². The van der Waals surface area contributed by atoms with Crippen LogP contribution < -0.4 is 0 Å². The number of aryl methyl sites for hydroxylation is 1. The van der Waals surface area contributed by atoms with E-state index in [0.29, 0.717) is 24.0 Å². The molecule has 5 rings (SSSR count). The van der Waals surface area contributed by atoms with Crippen molar-refractivity contribution >= 4 is 28.9 Å². The number of amides is 3. The number of hydrogen-bond acceptors (Lipinski definition) is 6. The minimum atomic E-state index is -4.68. The van der Waals surface area contributed by atoms with Crippen LogP contribution in [0.2, 0.25) is 0 Å². The van der Waals surface area contributed by atoms with E-state index < -0.39 is 29.6 Å². The molecule has 0 radical (unpaired) electrons. The number of imide groups is 1. The Kier molecular flexibility index (Phi) is 5.10. The standard InChI is InChI=1S/C22H19F3N4O5/c1-27-16-9-13(12-4-7-33-10-12)8-15(22(23,24)25)18(16)26-19(27)20(31)28-5-2-14(3-6-28)29-17(30)11-34-21(29)32/h4,7-10,14H,2-3,5-6,11H2,1H3. The molecule has 0 saturated carbocycles. The predicted octanol–water partition coefficient (Wildman–Crippen LogP) is 3.44. The van der Waals surface area contributed by atoms with Crippen LogP contribution >= 0.6 is 0 Å². The minimum Gasteiger partial charge on any atom is -0.472 e. The predicted molar refractivity (Wildman–Crippen MR) is 111 cm³/mol. The van der Waals surface area contributed by atoms with Gasteiger partial charge in [0.1, 0.15) is 5.52 Å². The van der Waals surface area contributed by atoms with Crippen molar-refractivity contribution in [2.24, 2.45) is 7.05 Å². The van der Waals surface area contributed by atoms with E-state index in [2.05, 4.69) is 4.98 Å². The number of hydrogen-bond donors (Lipinski definition) is 0. The van der Waals surface area contributed by atoms with Crippen molar-refractivity contribution in [2.45, 2.75) is 25.1 Å². The average molecular weight is 476 g/mol. The molecule has 34 heavy (non-hydrogen) atoms. The summed E-state index contributed by atoms with van der Waals surface area (Å²) < 4.78 is 52.7. The highest BCUT2D eigenvalue weighted by atomic mass is 19.4. The summed E-state index contributed by atoms with van der Waals surface area (Å²) >= 11 is 0. The van der Waals surface area contributed by atoms with Gasteiger partial charge in [0.25, 0.3) is 11.8 Å². The van der Waals surface area contributed by atoms with Gasteiger partial charge in [-0.2, -0.15) is 13.2 Å². The van der Waals surface area contributed by atoms with E-state index in [1.807, 2.05) is 0 Å². The normalized spacial score (nSPS) is 17.6. The maximum atomic E-state index is 13.9. The van der Waals surface area contributed by atoms with Crippen molar-refractivity contribution in [1.29, 1.82) is 0 Å². The molecule has 0 spiro atoms. The molecule has 2 aliphatic heterocycles. The van der Waals surface area contributed by atoms with Crippen LogP contribution in [-0.4, -0.2) is 63.0 Å². The van der Waals surface area contributed by atoms with Crippen LogP contribution in [-0.2, 0) is 22.8 Å². The van der Waals surface area contributed by atoms with E-state index in [9.17, 15) is 27.6 Å². The van der Waals surface area contributed by atoms with Gasteiger partial charge < -0.3 is 18.6 Å². The summed E-state index contributed by atoms with van der Waals surface area (Å²) in [7, 11) is 1.49. The highest BCUT2D eigenvalue weighted by Crippen LogP contribution is 2.38. The number of ether oxygens (including phenoxy) is 1. The fourth-order valence-corrected chi connectivity index (χ4v) is 4.48.